The third-order valence-electron chi connectivity index (χ3n) is 4.56. The van der Waals surface area contributed by atoms with Crippen LogP contribution in [0.15, 0.2) is 65.6 Å². The summed E-state index contributed by atoms with van der Waals surface area (Å²) in [4.78, 5) is 27.3. The molecule has 3 atom stereocenters. The van der Waals surface area contributed by atoms with Crippen molar-refractivity contribution in [2.75, 3.05) is 13.1 Å². The molecule has 2 aromatic rings. The maximum absolute atomic E-state index is 13.2. The van der Waals surface area contributed by atoms with Gasteiger partial charge in [0, 0.05) is 18.0 Å². The molecular weight excluding hydrogens is 334 g/mol. The normalized spacial score (nSPS) is 21.1. The lowest BCUT2D eigenvalue weighted by Crippen LogP contribution is -2.33. The summed E-state index contributed by atoms with van der Waals surface area (Å²) in [7, 11) is 0. The van der Waals surface area contributed by atoms with Crippen molar-refractivity contribution < 1.29 is 14.7 Å². The molecule has 0 aromatic heterocycles. The lowest BCUT2D eigenvalue weighted by Gasteiger charge is -2.23. The Bertz CT molecular complexity index is 735. The fourth-order valence-electron chi connectivity index (χ4n) is 3.16. The SMILES string of the molecule is C[C@@H]1CN(C(=O)C(Sc2ccccc2)c2ccccc2)C[C@H]1C(=O)O. The zero-order chi connectivity index (χ0) is 17.8. The molecule has 5 heteroatoms. The molecule has 0 saturated carbocycles. The van der Waals surface area contributed by atoms with Gasteiger partial charge < -0.3 is 10.0 Å². The molecule has 1 fully saturated rings. The van der Waals surface area contributed by atoms with E-state index in [1.54, 1.807) is 4.90 Å². The fourth-order valence-corrected chi connectivity index (χ4v) is 4.29. The van der Waals surface area contributed by atoms with Gasteiger partial charge in [-0.05, 0) is 23.6 Å². The molecular formula is C20H21NO3S. The average Bonchev–Trinajstić information content (AvgIpc) is 3.03. The molecule has 0 aliphatic carbocycles. The molecule has 0 bridgehead atoms. The largest absolute Gasteiger partial charge is 0.481 e. The molecule has 1 saturated heterocycles. The zero-order valence-corrected chi connectivity index (χ0v) is 14.9. The first-order chi connectivity index (χ1) is 12.1. The van der Waals surface area contributed by atoms with Gasteiger partial charge in [-0.25, -0.2) is 0 Å². The van der Waals surface area contributed by atoms with Gasteiger partial charge in [-0.2, -0.15) is 0 Å². The standard InChI is InChI=1S/C20H21NO3S/c1-14-12-21(13-17(14)20(23)24)19(22)18(15-8-4-2-5-9-15)25-16-10-6-3-7-11-16/h2-11,14,17-18H,12-13H2,1H3,(H,23,24)/t14-,17-,18?/m1/s1. The maximum atomic E-state index is 13.2. The van der Waals surface area contributed by atoms with Gasteiger partial charge >= 0.3 is 5.97 Å². The summed E-state index contributed by atoms with van der Waals surface area (Å²) < 4.78 is 0. The third-order valence-corrected chi connectivity index (χ3v) is 5.82. The molecule has 25 heavy (non-hydrogen) atoms. The first-order valence-electron chi connectivity index (χ1n) is 8.34. The van der Waals surface area contributed by atoms with E-state index in [-0.39, 0.29) is 23.6 Å². The third kappa shape index (κ3) is 4.04. The first-order valence-corrected chi connectivity index (χ1v) is 9.22. The van der Waals surface area contributed by atoms with Gasteiger partial charge in [0.25, 0.3) is 0 Å². The second-order valence-corrected chi connectivity index (χ2v) is 7.57. The van der Waals surface area contributed by atoms with Crippen molar-refractivity contribution in [3.8, 4) is 0 Å². The van der Waals surface area contributed by atoms with Crippen molar-refractivity contribution in [1.29, 1.82) is 0 Å². The smallest absolute Gasteiger partial charge is 0.308 e. The van der Waals surface area contributed by atoms with Crippen LogP contribution >= 0.6 is 11.8 Å². The summed E-state index contributed by atoms with van der Waals surface area (Å²) in [6.45, 7) is 2.68. The summed E-state index contributed by atoms with van der Waals surface area (Å²) >= 11 is 1.51. The van der Waals surface area contributed by atoms with Crippen molar-refractivity contribution in [1.82, 2.24) is 4.90 Å². The Kier molecular flexibility index (Phi) is 5.43. The summed E-state index contributed by atoms with van der Waals surface area (Å²) in [6.07, 6.45) is 0. The number of carbonyl (C=O) groups is 2. The molecule has 3 rings (SSSR count). The van der Waals surface area contributed by atoms with E-state index >= 15 is 0 Å². The highest BCUT2D eigenvalue weighted by molar-refractivity contribution is 8.00. The van der Waals surface area contributed by atoms with Crippen molar-refractivity contribution in [2.45, 2.75) is 17.1 Å². The van der Waals surface area contributed by atoms with Crippen molar-refractivity contribution >= 4 is 23.6 Å². The first kappa shape index (κ1) is 17.5. The highest BCUT2D eigenvalue weighted by Crippen LogP contribution is 2.38. The number of carboxylic acids is 1. The average molecular weight is 355 g/mol. The van der Waals surface area contributed by atoms with E-state index in [0.717, 1.165) is 10.5 Å². The summed E-state index contributed by atoms with van der Waals surface area (Å²) in [5.41, 5.74) is 0.938. The molecule has 0 radical (unpaired) electrons. The van der Waals surface area contributed by atoms with Crippen LogP contribution in [0.25, 0.3) is 0 Å². The van der Waals surface area contributed by atoms with Crippen LogP contribution in [0.1, 0.15) is 17.7 Å². The Morgan fingerprint density at radius 1 is 1.04 bits per heavy atom. The van der Waals surface area contributed by atoms with Gasteiger partial charge in [0.2, 0.25) is 5.91 Å². The van der Waals surface area contributed by atoms with E-state index < -0.39 is 11.9 Å². The minimum Gasteiger partial charge on any atom is -0.481 e. The molecule has 1 N–H and O–H groups in total. The number of likely N-dealkylation sites (tertiary alicyclic amines) is 1. The van der Waals surface area contributed by atoms with Crippen LogP contribution in [0.4, 0.5) is 0 Å². The van der Waals surface area contributed by atoms with Gasteiger partial charge in [0.15, 0.2) is 0 Å². The highest BCUT2D eigenvalue weighted by Gasteiger charge is 2.39. The number of aliphatic carboxylic acids is 1. The van der Waals surface area contributed by atoms with E-state index in [1.807, 2.05) is 67.6 Å². The molecule has 1 amide bonds. The van der Waals surface area contributed by atoms with E-state index in [4.69, 9.17) is 0 Å². The predicted molar refractivity (Wildman–Crippen MR) is 98.4 cm³/mol. The van der Waals surface area contributed by atoms with E-state index in [0.29, 0.717) is 6.54 Å². The number of nitrogens with zero attached hydrogens (tertiary/aromatic N) is 1. The molecule has 1 unspecified atom stereocenters. The van der Waals surface area contributed by atoms with Crippen LogP contribution in [-0.2, 0) is 9.59 Å². The van der Waals surface area contributed by atoms with Crippen LogP contribution in [0.3, 0.4) is 0 Å². The fraction of sp³-hybridized carbons (Fsp3) is 0.300. The molecule has 4 nitrogen and oxygen atoms in total. The monoisotopic (exact) mass is 355 g/mol. The summed E-state index contributed by atoms with van der Waals surface area (Å²) in [5, 5.41) is 8.96. The van der Waals surface area contributed by atoms with Gasteiger partial charge in [-0.3, -0.25) is 9.59 Å². The Hall–Kier alpha value is -2.27. The van der Waals surface area contributed by atoms with Gasteiger partial charge in [-0.1, -0.05) is 55.5 Å². The zero-order valence-electron chi connectivity index (χ0n) is 14.0. The topological polar surface area (TPSA) is 57.6 Å². The minimum absolute atomic E-state index is 0.0179. The predicted octanol–water partition coefficient (Wildman–Crippen LogP) is 3.70. The van der Waals surface area contributed by atoms with Gasteiger partial charge in [0.05, 0.1) is 5.92 Å². The molecule has 1 aliphatic heterocycles. The van der Waals surface area contributed by atoms with E-state index in [1.165, 1.54) is 11.8 Å². The summed E-state index contributed by atoms with van der Waals surface area (Å²) in [6, 6.07) is 19.5. The molecule has 0 spiro atoms. The highest BCUT2D eigenvalue weighted by atomic mass is 32.2. The molecule has 130 valence electrons. The van der Waals surface area contributed by atoms with Crippen LogP contribution in [-0.4, -0.2) is 35.0 Å². The minimum atomic E-state index is -0.824. The number of carboxylic acid groups (broad SMARTS) is 1. The number of rotatable bonds is 5. The second kappa shape index (κ2) is 7.74. The molecule has 1 heterocycles. The van der Waals surface area contributed by atoms with Crippen molar-refractivity contribution in [3.63, 3.8) is 0 Å². The Morgan fingerprint density at radius 2 is 1.64 bits per heavy atom. The number of hydrogen-bond donors (Lipinski definition) is 1. The van der Waals surface area contributed by atoms with Crippen LogP contribution in [0.5, 0.6) is 0 Å². The van der Waals surface area contributed by atoms with Crippen LogP contribution in [0.2, 0.25) is 0 Å². The van der Waals surface area contributed by atoms with Crippen molar-refractivity contribution in [2.24, 2.45) is 11.8 Å². The Labute approximate surface area is 151 Å². The molecule has 2 aromatic carbocycles. The second-order valence-electron chi connectivity index (χ2n) is 6.39. The lowest BCUT2D eigenvalue weighted by atomic mass is 9.99. The van der Waals surface area contributed by atoms with Crippen LogP contribution < -0.4 is 0 Å². The number of thioether (sulfide) groups is 1. The Morgan fingerprint density at radius 3 is 2.20 bits per heavy atom. The Balaban J connectivity index is 1.84. The quantitative estimate of drug-likeness (QED) is 0.831. The van der Waals surface area contributed by atoms with Gasteiger partial charge in [0.1, 0.15) is 5.25 Å². The van der Waals surface area contributed by atoms with E-state index in [9.17, 15) is 14.7 Å². The van der Waals surface area contributed by atoms with E-state index in [2.05, 4.69) is 0 Å². The van der Waals surface area contributed by atoms with Gasteiger partial charge in [-0.15, -0.1) is 11.8 Å². The molecule has 1 aliphatic rings. The number of amides is 1. The maximum Gasteiger partial charge on any atom is 0.308 e. The summed E-state index contributed by atoms with van der Waals surface area (Å²) in [5.74, 6) is -1.35. The number of benzene rings is 2. The number of hydrogen-bond acceptors (Lipinski definition) is 3. The lowest BCUT2D eigenvalue weighted by molar-refractivity contribution is -0.142. The van der Waals surface area contributed by atoms with Crippen LogP contribution in [0, 0.1) is 11.8 Å². The van der Waals surface area contributed by atoms with Crippen molar-refractivity contribution in [3.05, 3.63) is 66.2 Å². The number of carbonyl (C=O) groups excluding carboxylic acids is 1.